The second-order valence-electron chi connectivity index (χ2n) is 5.83. The van der Waals surface area contributed by atoms with Crippen LogP contribution in [0.4, 0.5) is 5.13 Å². The van der Waals surface area contributed by atoms with Crippen molar-refractivity contribution in [2.75, 3.05) is 5.32 Å². The fraction of sp³-hybridized carbons (Fsp3) is 0.167. The average molecular weight is 421 g/mol. The van der Waals surface area contributed by atoms with Crippen molar-refractivity contribution in [2.24, 2.45) is 0 Å². The Morgan fingerprint density at radius 3 is 2.64 bits per heavy atom. The Morgan fingerprint density at radius 2 is 2.00 bits per heavy atom. The van der Waals surface area contributed by atoms with E-state index in [2.05, 4.69) is 15.0 Å². The molecule has 1 aromatic carbocycles. The molecule has 3 rings (SSSR count). The van der Waals surface area contributed by atoms with E-state index in [-0.39, 0.29) is 13.9 Å². The van der Waals surface area contributed by atoms with Gasteiger partial charge in [-0.1, -0.05) is 41.7 Å². The molecule has 148 valence electrons. The molecule has 0 saturated heterocycles. The number of nitrogens with zero attached hydrogens (tertiary/aromatic N) is 2. The van der Waals surface area contributed by atoms with E-state index in [1.165, 1.54) is 30.4 Å². The number of amides is 1. The number of thiazole rings is 1. The molecule has 8 nitrogen and oxygen atoms in total. The molecule has 10 heteroatoms. The van der Waals surface area contributed by atoms with Crippen LogP contribution in [0.25, 0.3) is 10.6 Å². The Morgan fingerprint density at radius 1 is 1.29 bits per heavy atom. The highest BCUT2D eigenvalue weighted by Crippen LogP contribution is 2.34. The number of aromatic nitrogens is 1. The molecular formula is C18H20N4O4S2. The predicted molar refractivity (Wildman–Crippen MR) is 108 cm³/mol. The largest absolute Gasteiger partial charge is 0.442 e. The molecule has 0 radical (unpaired) electrons. The van der Waals surface area contributed by atoms with Crippen LogP contribution in [0.5, 0.6) is 0 Å². The Hall–Kier alpha value is -3.00. The molecule has 28 heavy (non-hydrogen) atoms. The lowest BCUT2D eigenvalue weighted by molar-refractivity contribution is -0.114. The van der Waals surface area contributed by atoms with Gasteiger partial charge in [0.25, 0.3) is 10.0 Å². The molecule has 1 unspecified atom stereocenters. The number of hydrogen-bond acceptors (Lipinski definition) is 7. The lowest BCUT2D eigenvalue weighted by Gasteiger charge is -2.10. The van der Waals surface area contributed by atoms with Gasteiger partial charge in [-0.15, -0.1) is 0 Å². The van der Waals surface area contributed by atoms with E-state index in [4.69, 9.17) is 4.42 Å². The molecule has 0 saturated carbocycles. The number of nitriles is 1. The van der Waals surface area contributed by atoms with Crippen LogP contribution in [0, 0.1) is 18.3 Å². The van der Waals surface area contributed by atoms with E-state index in [0.29, 0.717) is 27.0 Å². The number of hydrogen-bond donors (Lipinski definition) is 2. The third-order valence-electron chi connectivity index (χ3n) is 3.68. The zero-order chi connectivity index (χ0) is 20.3. The summed E-state index contributed by atoms with van der Waals surface area (Å²) in [5, 5.41) is 12.0. The van der Waals surface area contributed by atoms with Crippen molar-refractivity contribution >= 4 is 32.4 Å². The summed E-state index contributed by atoms with van der Waals surface area (Å²) >= 11 is 1.18. The number of carbonyl (C=O) groups excluding carboxylic acids is 1. The summed E-state index contributed by atoms with van der Waals surface area (Å²) in [6, 6.07) is 12.3. The molecule has 0 aliphatic carbocycles. The molecule has 0 aliphatic rings. The second-order valence-corrected chi connectivity index (χ2v) is 8.47. The molecule has 2 heterocycles. The van der Waals surface area contributed by atoms with E-state index in [1.807, 2.05) is 6.07 Å². The highest BCUT2D eigenvalue weighted by atomic mass is 32.2. The first kappa shape index (κ1) is 19.8. The summed E-state index contributed by atoms with van der Waals surface area (Å²) in [4.78, 5) is 16.0. The number of rotatable bonds is 6. The fourth-order valence-corrected chi connectivity index (χ4v) is 4.48. The van der Waals surface area contributed by atoms with Crippen molar-refractivity contribution in [2.45, 2.75) is 25.0 Å². The zero-order valence-corrected chi connectivity index (χ0v) is 16.6. The first-order valence-electron chi connectivity index (χ1n) is 8.12. The average Bonchev–Trinajstić information content (AvgIpc) is 3.27. The zero-order valence-electron chi connectivity index (χ0n) is 15.0. The van der Waals surface area contributed by atoms with E-state index < -0.39 is 16.1 Å². The van der Waals surface area contributed by atoms with Gasteiger partial charge in [0.1, 0.15) is 11.8 Å². The van der Waals surface area contributed by atoms with Gasteiger partial charge in [-0.05, 0) is 24.6 Å². The summed E-state index contributed by atoms with van der Waals surface area (Å²) in [5.41, 5.74) is 1.12. The Labute approximate surface area is 168 Å². The normalized spacial score (nSPS) is 12.3. The second kappa shape index (κ2) is 7.93. The lowest BCUT2D eigenvalue weighted by atomic mass is 10.1. The van der Waals surface area contributed by atoms with Crippen molar-refractivity contribution in [3.8, 4) is 16.7 Å². The topological polar surface area (TPSA) is 125 Å². The number of aryl methyl sites for hydroxylation is 1. The number of anilines is 1. The maximum atomic E-state index is 12.6. The molecule has 0 bridgehead atoms. The van der Waals surface area contributed by atoms with Crippen molar-refractivity contribution in [1.82, 2.24) is 9.71 Å². The Balaban J connectivity index is 0.00000225. The smallest absolute Gasteiger partial charge is 0.275 e. The van der Waals surface area contributed by atoms with Crippen LogP contribution >= 0.6 is 11.3 Å². The van der Waals surface area contributed by atoms with Gasteiger partial charge in [-0.25, -0.2) is 13.4 Å². The Kier molecular flexibility index (Phi) is 5.60. The lowest BCUT2D eigenvalue weighted by Crippen LogP contribution is -2.27. The summed E-state index contributed by atoms with van der Waals surface area (Å²) in [5.74, 6) is 0.0517. The molecule has 2 aromatic heterocycles. The highest BCUT2D eigenvalue weighted by molar-refractivity contribution is 7.89. The number of benzene rings is 1. The van der Waals surface area contributed by atoms with Gasteiger partial charge in [0, 0.05) is 9.78 Å². The monoisotopic (exact) mass is 420 g/mol. The SMILES string of the molecule is CC(=O)Nc1nc(C)c(-c2ccc(S(=O)(=O)NC(C#N)c3ccccc3)o2)s1.[HH].[HH]. The van der Waals surface area contributed by atoms with Gasteiger partial charge in [-0.3, -0.25) is 4.79 Å². The standard InChI is InChI=1S/C18H16N4O4S2.2H2/c1-11-17(27-18(20-11)21-12(2)23)15-8-9-16(26-15)28(24,25)22-14(10-19)13-6-4-3-5-7-13;;/h3-9,14,22H,1-2H3,(H,20,21,23);2*1H. The van der Waals surface area contributed by atoms with E-state index >= 15 is 0 Å². The van der Waals surface area contributed by atoms with E-state index in [1.54, 1.807) is 37.3 Å². The molecule has 0 aliphatic heterocycles. The number of nitrogens with one attached hydrogen (secondary N) is 2. The van der Waals surface area contributed by atoms with Crippen molar-refractivity contribution in [3.05, 3.63) is 53.7 Å². The predicted octanol–water partition coefficient (Wildman–Crippen LogP) is 3.71. The minimum atomic E-state index is -4.06. The quantitative estimate of drug-likeness (QED) is 0.626. The molecule has 2 N–H and O–H groups in total. The number of furan rings is 1. The highest BCUT2D eigenvalue weighted by Gasteiger charge is 2.25. The van der Waals surface area contributed by atoms with Crippen molar-refractivity contribution in [1.29, 1.82) is 5.26 Å². The summed E-state index contributed by atoms with van der Waals surface area (Å²) in [6.45, 7) is 3.10. The van der Waals surface area contributed by atoms with Crippen molar-refractivity contribution < 1.29 is 20.5 Å². The third-order valence-corrected chi connectivity index (χ3v) is 6.07. The molecular weight excluding hydrogens is 400 g/mol. The molecule has 0 fully saturated rings. The van der Waals surface area contributed by atoms with Crippen LogP contribution < -0.4 is 10.0 Å². The summed E-state index contributed by atoms with van der Waals surface area (Å²) in [6.07, 6.45) is 0. The van der Waals surface area contributed by atoms with Gasteiger partial charge >= 0.3 is 0 Å². The van der Waals surface area contributed by atoms with Crippen LogP contribution in [-0.4, -0.2) is 19.3 Å². The minimum Gasteiger partial charge on any atom is -0.442 e. The molecule has 3 aromatic rings. The summed E-state index contributed by atoms with van der Waals surface area (Å²) in [7, 11) is -4.06. The molecule has 0 spiro atoms. The van der Waals surface area contributed by atoms with E-state index in [9.17, 15) is 18.5 Å². The maximum absolute atomic E-state index is 12.6. The number of sulfonamides is 1. The van der Waals surface area contributed by atoms with Crippen LogP contribution in [0.1, 0.15) is 27.1 Å². The molecule has 1 atom stereocenters. The van der Waals surface area contributed by atoms with Crippen LogP contribution in [0.2, 0.25) is 0 Å². The maximum Gasteiger partial charge on any atom is 0.275 e. The minimum absolute atomic E-state index is 0. The van der Waals surface area contributed by atoms with Crippen LogP contribution in [0.3, 0.4) is 0 Å². The van der Waals surface area contributed by atoms with Gasteiger partial charge in [0.05, 0.1) is 16.6 Å². The van der Waals surface area contributed by atoms with Gasteiger partial charge in [-0.2, -0.15) is 9.98 Å². The van der Waals surface area contributed by atoms with Crippen LogP contribution in [0.15, 0.2) is 52.0 Å². The first-order valence-corrected chi connectivity index (χ1v) is 10.4. The van der Waals surface area contributed by atoms with Gasteiger partial charge < -0.3 is 9.73 Å². The first-order chi connectivity index (χ1) is 13.3. The summed E-state index contributed by atoms with van der Waals surface area (Å²) < 4.78 is 33.1. The molecule has 1 amide bonds. The fourth-order valence-electron chi connectivity index (χ4n) is 2.44. The number of carbonyl (C=O) groups is 1. The van der Waals surface area contributed by atoms with Crippen molar-refractivity contribution in [3.63, 3.8) is 0 Å². The Bertz CT molecular complexity index is 1150. The van der Waals surface area contributed by atoms with Crippen LogP contribution in [-0.2, 0) is 14.8 Å². The third kappa shape index (κ3) is 4.28. The van der Waals surface area contributed by atoms with E-state index in [0.717, 1.165) is 0 Å². The van der Waals surface area contributed by atoms with Gasteiger partial charge in [0.2, 0.25) is 11.0 Å². The van der Waals surface area contributed by atoms with Gasteiger partial charge in [0.15, 0.2) is 5.13 Å².